The second-order valence-electron chi connectivity index (χ2n) is 6.76. The number of benzene rings is 2. The predicted molar refractivity (Wildman–Crippen MR) is 102 cm³/mol. The Bertz CT molecular complexity index is 784. The van der Waals surface area contributed by atoms with Gasteiger partial charge in [0.25, 0.3) is 5.91 Å². The number of fused-ring (bicyclic) bond motifs is 1. The SMILES string of the molecule is COc1cc(C(=O)N2CCN(Cc3ccccc3)CC2)cc2c1OCCO2. The molecule has 0 aliphatic carbocycles. The van der Waals surface area contributed by atoms with E-state index in [4.69, 9.17) is 14.2 Å². The van der Waals surface area contributed by atoms with E-state index in [-0.39, 0.29) is 5.91 Å². The second-order valence-corrected chi connectivity index (χ2v) is 6.76. The van der Waals surface area contributed by atoms with Crippen molar-refractivity contribution in [2.75, 3.05) is 46.5 Å². The van der Waals surface area contributed by atoms with Gasteiger partial charge in [0.05, 0.1) is 7.11 Å². The summed E-state index contributed by atoms with van der Waals surface area (Å²) in [4.78, 5) is 17.2. The molecule has 0 radical (unpaired) electrons. The largest absolute Gasteiger partial charge is 0.493 e. The summed E-state index contributed by atoms with van der Waals surface area (Å²) >= 11 is 0. The summed E-state index contributed by atoms with van der Waals surface area (Å²) in [6, 6.07) is 13.9. The Hall–Kier alpha value is -2.73. The molecule has 0 N–H and O–H groups in total. The Kier molecular flexibility index (Phi) is 5.16. The minimum atomic E-state index is 0.00429. The maximum atomic E-state index is 13.0. The first-order valence-corrected chi connectivity index (χ1v) is 9.28. The average Bonchev–Trinajstić information content (AvgIpc) is 2.73. The van der Waals surface area contributed by atoms with E-state index in [0.29, 0.717) is 49.1 Å². The van der Waals surface area contributed by atoms with Crippen molar-refractivity contribution in [3.05, 3.63) is 53.6 Å². The summed E-state index contributed by atoms with van der Waals surface area (Å²) in [5.41, 5.74) is 1.88. The number of amides is 1. The molecule has 0 unspecified atom stereocenters. The van der Waals surface area contributed by atoms with Gasteiger partial charge >= 0.3 is 0 Å². The molecule has 0 bridgehead atoms. The summed E-state index contributed by atoms with van der Waals surface area (Å²) in [5.74, 6) is 1.70. The molecule has 2 heterocycles. The standard InChI is InChI=1S/C21H24N2O4/c1-25-18-13-17(14-19-20(18)27-12-11-26-19)21(24)23-9-7-22(8-10-23)15-16-5-3-2-4-6-16/h2-6,13-14H,7-12,15H2,1H3. The van der Waals surface area contributed by atoms with Gasteiger partial charge in [0.1, 0.15) is 13.2 Å². The van der Waals surface area contributed by atoms with Gasteiger partial charge in [-0.2, -0.15) is 0 Å². The Morgan fingerprint density at radius 1 is 1.04 bits per heavy atom. The normalized spacial score (nSPS) is 16.9. The molecule has 2 aromatic rings. The van der Waals surface area contributed by atoms with Crippen molar-refractivity contribution in [2.45, 2.75) is 6.54 Å². The van der Waals surface area contributed by atoms with Crippen molar-refractivity contribution >= 4 is 5.91 Å². The maximum Gasteiger partial charge on any atom is 0.254 e. The fourth-order valence-electron chi connectivity index (χ4n) is 3.53. The predicted octanol–water partition coefficient (Wildman–Crippen LogP) is 2.42. The van der Waals surface area contributed by atoms with Gasteiger partial charge in [-0.25, -0.2) is 0 Å². The molecule has 2 aliphatic rings. The summed E-state index contributed by atoms with van der Waals surface area (Å²) in [7, 11) is 1.57. The molecule has 0 aromatic heterocycles. The molecule has 1 saturated heterocycles. The molecule has 0 atom stereocenters. The molecule has 2 aliphatic heterocycles. The molecule has 2 aromatic carbocycles. The van der Waals surface area contributed by atoms with Gasteiger partial charge in [-0.3, -0.25) is 9.69 Å². The number of methoxy groups -OCH3 is 1. The van der Waals surface area contributed by atoms with Crippen molar-refractivity contribution < 1.29 is 19.0 Å². The van der Waals surface area contributed by atoms with Crippen LogP contribution in [-0.2, 0) is 6.54 Å². The van der Waals surface area contributed by atoms with Gasteiger partial charge in [-0.05, 0) is 17.7 Å². The van der Waals surface area contributed by atoms with Crippen LogP contribution in [0.2, 0.25) is 0 Å². The summed E-state index contributed by atoms with van der Waals surface area (Å²) in [5, 5.41) is 0. The second kappa shape index (κ2) is 7.88. The third-order valence-corrected chi connectivity index (χ3v) is 4.98. The fourth-order valence-corrected chi connectivity index (χ4v) is 3.53. The molecule has 0 saturated carbocycles. The summed E-state index contributed by atoms with van der Waals surface area (Å²) in [6.45, 7) is 5.03. The highest BCUT2D eigenvalue weighted by Crippen LogP contribution is 2.40. The van der Waals surface area contributed by atoms with Gasteiger partial charge < -0.3 is 19.1 Å². The minimum absolute atomic E-state index is 0.00429. The first kappa shape index (κ1) is 17.7. The topological polar surface area (TPSA) is 51.2 Å². The number of piperazine rings is 1. The van der Waals surface area contributed by atoms with Gasteiger partial charge in [0.15, 0.2) is 11.5 Å². The lowest BCUT2D eigenvalue weighted by Crippen LogP contribution is -2.48. The molecular weight excluding hydrogens is 344 g/mol. The van der Waals surface area contributed by atoms with Crippen LogP contribution in [0.5, 0.6) is 17.2 Å². The van der Waals surface area contributed by atoms with Crippen molar-refractivity contribution in [2.24, 2.45) is 0 Å². The van der Waals surface area contributed by atoms with E-state index >= 15 is 0 Å². The number of ether oxygens (including phenoxy) is 3. The van der Waals surface area contributed by atoms with Crippen LogP contribution in [0.4, 0.5) is 0 Å². The molecule has 4 rings (SSSR count). The molecule has 142 valence electrons. The monoisotopic (exact) mass is 368 g/mol. The van der Waals surface area contributed by atoms with Crippen LogP contribution in [0.3, 0.4) is 0 Å². The number of rotatable bonds is 4. The van der Waals surface area contributed by atoms with Crippen LogP contribution in [0, 0.1) is 0 Å². The molecule has 6 nitrogen and oxygen atoms in total. The zero-order valence-corrected chi connectivity index (χ0v) is 15.5. The van der Waals surface area contributed by atoms with Gasteiger partial charge in [0.2, 0.25) is 5.75 Å². The van der Waals surface area contributed by atoms with Crippen molar-refractivity contribution in [1.82, 2.24) is 9.80 Å². The third-order valence-electron chi connectivity index (χ3n) is 4.98. The maximum absolute atomic E-state index is 13.0. The number of carbonyl (C=O) groups is 1. The highest BCUT2D eigenvalue weighted by atomic mass is 16.6. The lowest BCUT2D eigenvalue weighted by Gasteiger charge is -2.35. The number of nitrogens with zero attached hydrogens (tertiary/aromatic N) is 2. The Labute approximate surface area is 159 Å². The molecule has 0 spiro atoms. The lowest BCUT2D eigenvalue weighted by molar-refractivity contribution is 0.0627. The van der Waals surface area contributed by atoms with E-state index in [1.165, 1.54) is 5.56 Å². The summed E-state index contributed by atoms with van der Waals surface area (Å²) < 4.78 is 16.6. The third kappa shape index (κ3) is 3.85. The Morgan fingerprint density at radius 3 is 2.52 bits per heavy atom. The highest BCUT2D eigenvalue weighted by Gasteiger charge is 2.26. The first-order chi connectivity index (χ1) is 13.2. The van der Waals surface area contributed by atoms with Crippen molar-refractivity contribution in [1.29, 1.82) is 0 Å². The van der Waals surface area contributed by atoms with Crippen molar-refractivity contribution in [3.63, 3.8) is 0 Å². The Morgan fingerprint density at radius 2 is 1.78 bits per heavy atom. The van der Waals surface area contributed by atoms with Gasteiger partial charge in [0, 0.05) is 38.3 Å². The van der Waals surface area contributed by atoms with E-state index < -0.39 is 0 Å². The van der Waals surface area contributed by atoms with E-state index in [1.54, 1.807) is 19.2 Å². The molecule has 1 fully saturated rings. The van der Waals surface area contributed by atoms with Crippen LogP contribution in [0.1, 0.15) is 15.9 Å². The quantitative estimate of drug-likeness (QED) is 0.830. The fraction of sp³-hybridized carbons (Fsp3) is 0.381. The van der Waals surface area contributed by atoms with E-state index in [9.17, 15) is 4.79 Å². The highest BCUT2D eigenvalue weighted by molar-refractivity contribution is 5.95. The Balaban J connectivity index is 1.42. The molecule has 6 heteroatoms. The van der Waals surface area contributed by atoms with Crippen LogP contribution in [0.25, 0.3) is 0 Å². The first-order valence-electron chi connectivity index (χ1n) is 9.28. The van der Waals surface area contributed by atoms with Gasteiger partial charge in [-0.15, -0.1) is 0 Å². The van der Waals surface area contributed by atoms with E-state index in [2.05, 4.69) is 29.2 Å². The van der Waals surface area contributed by atoms with Crippen LogP contribution >= 0.6 is 0 Å². The number of hydrogen-bond donors (Lipinski definition) is 0. The van der Waals surface area contributed by atoms with Crippen molar-refractivity contribution in [3.8, 4) is 17.2 Å². The zero-order chi connectivity index (χ0) is 18.6. The number of hydrogen-bond acceptors (Lipinski definition) is 5. The smallest absolute Gasteiger partial charge is 0.254 e. The van der Waals surface area contributed by atoms with Crippen LogP contribution in [-0.4, -0.2) is 62.2 Å². The summed E-state index contributed by atoms with van der Waals surface area (Å²) in [6.07, 6.45) is 0. The molecule has 27 heavy (non-hydrogen) atoms. The van der Waals surface area contributed by atoms with E-state index in [0.717, 1.165) is 19.6 Å². The van der Waals surface area contributed by atoms with Crippen LogP contribution in [0.15, 0.2) is 42.5 Å². The van der Waals surface area contributed by atoms with Crippen LogP contribution < -0.4 is 14.2 Å². The number of carbonyl (C=O) groups excluding carboxylic acids is 1. The average molecular weight is 368 g/mol. The van der Waals surface area contributed by atoms with Gasteiger partial charge in [-0.1, -0.05) is 30.3 Å². The van der Waals surface area contributed by atoms with E-state index in [1.807, 2.05) is 11.0 Å². The lowest BCUT2D eigenvalue weighted by atomic mass is 10.1. The molecule has 1 amide bonds. The minimum Gasteiger partial charge on any atom is -0.493 e. The zero-order valence-electron chi connectivity index (χ0n) is 15.5. The molecular formula is C21H24N2O4.